The van der Waals surface area contributed by atoms with Crippen molar-refractivity contribution in [1.82, 2.24) is 0 Å². The first kappa shape index (κ1) is 18.0. The van der Waals surface area contributed by atoms with Gasteiger partial charge >= 0.3 is 0 Å². The summed E-state index contributed by atoms with van der Waals surface area (Å²) in [7, 11) is 1.52. The maximum absolute atomic E-state index is 12.6. The van der Waals surface area contributed by atoms with Crippen molar-refractivity contribution in [2.24, 2.45) is 17.3 Å². The molecule has 0 radical (unpaired) electrons. The number of allylic oxidation sites excluding steroid dienone is 2. The van der Waals surface area contributed by atoms with Crippen LogP contribution in [0.2, 0.25) is 0 Å². The van der Waals surface area contributed by atoms with Gasteiger partial charge < -0.3 is 14.3 Å². The van der Waals surface area contributed by atoms with E-state index in [1.165, 1.54) is 12.7 Å². The van der Waals surface area contributed by atoms with Gasteiger partial charge in [-0.2, -0.15) is 0 Å². The van der Waals surface area contributed by atoms with Crippen molar-refractivity contribution in [3.05, 3.63) is 50.9 Å². The first-order chi connectivity index (χ1) is 11.5. The van der Waals surface area contributed by atoms with E-state index in [9.17, 15) is 9.90 Å². The van der Waals surface area contributed by atoms with Gasteiger partial charge in [0.05, 0.1) is 18.8 Å². The molecule has 1 fully saturated rings. The normalized spacial score (nSPS) is 34.3. The smallest absolute Gasteiger partial charge is 0.291 e. The number of aliphatic hydroxyl groups is 1. The summed E-state index contributed by atoms with van der Waals surface area (Å²) in [5, 5.41) is 10.1. The molecule has 1 N–H and O–H groups in total. The second kappa shape index (κ2) is 5.34. The maximum Gasteiger partial charge on any atom is 0.291 e. The second-order valence-electron chi connectivity index (χ2n) is 8.08. The van der Waals surface area contributed by atoms with Gasteiger partial charge in [-0.15, -0.1) is 0 Å². The molecule has 1 heterocycles. The molecule has 5 atom stereocenters. The summed E-state index contributed by atoms with van der Waals surface area (Å²) in [4.78, 5) is 12.6. The molecule has 2 aliphatic rings. The lowest BCUT2D eigenvalue weighted by atomic mass is 9.81. The van der Waals surface area contributed by atoms with Crippen LogP contribution in [0.1, 0.15) is 44.6 Å². The van der Waals surface area contributed by atoms with Crippen molar-refractivity contribution >= 4 is 0 Å². The number of hydrogen-bond acceptors (Lipinski definition) is 4. The van der Waals surface area contributed by atoms with Crippen LogP contribution in [0.5, 0.6) is 5.95 Å². The summed E-state index contributed by atoms with van der Waals surface area (Å²) < 4.78 is 11.4. The highest BCUT2D eigenvalue weighted by Gasteiger charge is 2.77. The zero-order valence-corrected chi connectivity index (χ0v) is 16.2. The highest BCUT2D eigenvalue weighted by molar-refractivity contribution is 5.52. The minimum atomic E-state index is -0.568. The lowest BCUT2D eigenvalue weighted by molar-refractivity contribution is 0.215. The third kappa shape index (κ3) is 2.06. The minimum absolute atomic E-state index is 0.0282. The molecule has 0 amide bonds. The van der Waals surface area contributed by atoms with Crippen LogP contribution in [0, 0.1) is 31.1 Å². The first-order valence-corrected chi connectivity index (χ1v) is 8.77. The van der Waals surface area contributed by atoms with Gasteiger partial charge in [0.1, 0.15) is 5.76 Å². The van der Waals surface area contributed by atoms with Crippen LogP contribution in [0.25, 0.3) is 0 Å². The molecule has 5 unspecified atom stereocenters. The quantitative estimate of drug-likeness (QED) is 0.847. The van der Waals surface area contributed by atoms with Crippen molar-refractivity contribution < 1.29 is 14.3 Å². The monoisotopic (exact) mass is 344 g/mol. The SMILES string of the molecule is C=C(C(C)O)C1C(C)=CC2(C)C1C2(C)c1oc(OC)c(C)c(=O)c1C. The summed E-state index contributed by atoms with van der Waals surface area (Å²) in [6.07, 6.45) is 1.70. The summed E-state index contributed by atoms with van der Waals surface area (Å²) in [6, 6.07) is 0. The molecule has 0 saturated heterocycles. The van der Waals surface area contributed by atoms with E-state index in [1.807, 2.05) is 6.92 Å². The Morgan fingerprint density at radius 1 is 1.32 bits per heavy atom. The van der Waals surface area contributed by atoms with Gasteiger partial charge in [-0.1, -0.05) is 32.1 Å². The number of methoxy groups -OCH3 is 1. The van der Waals surface area contributed by atoms with Crippen LogP contribution in [-0.4, -0.2) is 18.3 Å². The van der Waals surface area contributed by atoms with Gasteiger partial charge in [-0.25, -0.2) is 0 Å². The van der Waals surface area contributed by atoms with Crippen molar-refractivity contribution in [2.75, 3.05) is 7.11 Å². The Balaban J connectivity index is 2.16. The van der Waals surface area contributed by atoms with Gasteiger partial charge in [-0.05, 0) is 39.2 Å². The maximum atomic E-state index is 12.6. The lowest BCUT2D eigenvalue weighted by Gasteiger charge is -2.26. The third-order valence-electron chi connectivity index (χ3n) is 6.77. The van der Waals surface area contributed by atoms with Gasteiger partial charge in [0.25, 0.3) is 5.95 Å². The fourth-order valence-corrected chi connectivity index (χ4v) is 5.18. The highest BCUT2D eigenvalue weighted by Crippen LogP contribution is 2.78. The number of fused-ring (bicyclic) bond motifs is 1. The molecule has 0 aliphatic heterocycles. The third-order valence-corrected chi connectivity index (χ3v) is 6.77. The standard InChI is InChI=1S/C21H28O4/c1-10-9-20(6)17(15(10)11(2)14(5)22)21(20,7)18-12(3)16(23)13(4)19(24-8)25-18/h9,14-15,17,22H,2H2,1,3-8H3. The zero-order chi connectivity index (χ0) is 18.9. The summed E-state index contributed by atoms with van der Waals surface area (Å²) in [5.74, 6) is 1.29. The van der Waals surface area contributed by atoms with Crippen LogP contribution >= 0.6 is 0 Å². The molecule has 1 saturated carbocycles. The second-order valence-corrected chi connectivity index (χ2v) is 8.08. The molecule has 4 heteroatoms. The number of aliphatic hydroxyl groups excluding tert-OH is 1. The van der Waals surface area contributed by atoms with E-state index >= 15 is 0 Å². The molecule has 136 valence electrons. The van der Waals surface area contributed by atoms with Crippen LogP contribution in [0.4, 0.5) is 0 Å². The van der Waals surface area contributed by atoms with Crippen molar-refractivity contribution in [3.63, 3.8) is 0 Å². The largest absolute Gasteiger partial charge is 0.468 e. The van der Waals surface area contributed by atoms with Gasteiger partial charge in [-0.3, -0.25) is 4.79 Å². The topological polar surface area (TPSA) is 59.7 Å². The molecule has 0 spiro atoms. The van der Waals surface area contributed by atoms with Crippen molar-refractivity contribution in [1.29, 1.82) is 0 Å². The number of rotatable bonds is 4. The molecule has 4 nitrogen and oxygen atoms in total. The van der Waals surface area contributed by atoms with E-state index in [0.29, 0.717) is 16.9 Å². The predicted octanol–water partition coefficient (Wildman–Crippen LogP) is 3.67. The number of ether oxygens (including phenoxy) is 1. The fraction of sp³-hybridized carbons (Fsp3) is 0.571. The van der Waals surface area contributed by atoms with Crippen LogP contribution in [0.15, 0.2) is 33.0 Å². The Hall–Kier alpha value is -1.81. The zero-order valence-electron chi connectivity index (χ0n) is 16.2. The van der Waals surface area contributed by atoms with E-state index < -0.39 is 6.10 Å². The molecule has 3 rings (SSSR count). The van der Waals surface area contributed by atoms with Gasteiger partial charge in [0.15, 0.2) is 5.43 Å². The summed E-state index contributed by atoms with van der Waals surface area (Å²) in [5.41, 5.74) is 2.73. The van der Waals surface area contributed by atoms with E-state index in [-0.39, 0.29) is 34.0 Å². The lowest BCUT2D eigenvalue weighted by Crippen LogP contribution is -2.24. The molecule has 0 bridgehead atoms. The summed E-state index contributed by atoms with van der Waals surface area (Å²) in [6.45, 7) is 15.9. The van der Waals surface area contributed by atoms with Crippen molar-refractivity contribution in [2.45, 2.75) is 53.1 Å². The summed E-state index contributed by atoms with van der Waals surface area (Å²) >= 11 is 0. The van der Waals surface area contributed by atoms with Crippen LogP contribution in [0.3, 0.4) is 0 Å². The Kier molecular flexibility index (Phi) is 3.84. The molecular formula is C21H28O4. The van der Waals surface area contributed by atoms with Crippen LogP contribution < -0.4 is 10.2 Å². The molecule has 25 heavy (non-hydrogen) atoms. The Labute approximate surface area is 149 Å². The van der Waals surface area contributed by atoms with E-state index in [0.717, 1.165) is 5.57 Å². The molecular weight excluding hydrogens is 316 g/mol. The Bertz CT molecular complexity index is 844. The van der Waals surface area contributed by atoms with Crippen molar-refractivity contribution in [3.8, 4) is 5.95 Å². The van der Waals surface area contributed by atoms with Crippen LogP contribution in [-0.2, 0) is 5.41 Å². The fourth-order valence-electron chi connectivity index (χ4n) is 5.18. The molecule has 0 aromatic carbocycles. The average molecular weight is 344 g/mol. The first-order valence-electron chi connectivity index (χ1n) is 8.77. The Morgan fingerprint density at radius 2 is 1.92 bits per heavy atom. The Morgan fingerprint density at radius 3 is 2.44 bits per heavy atom. The highest BCUT2D eigenvalue weighted by atomic mass is 16.6. The van der Waals surface area contributed by atoms with Gasteiger partial charge in [0.2, 0.25) is 0 Å². The average Bonchev–Trinajstić information content (AvgIpc) is 2.85. The molecule has 1 aromatic rings. The van der Waals surface area contributed by atoms with E-state index in [4.69, 9.17) is 9.15 Å². The minimum Gasteiger partial charge on any atom is -0.468 e. The van der Waals surface area contributed by atoms with E-state index in [1.54, 1.807) is 13.8 Å². The predicted molar refractivity (Wildman–Crippen MR) is 98.0 cm³/mol. The number of hydrogen-bond donors (Lipinski definition) is 1. The van der Waals surface area contributed by atoms with Gasteiger partial charge in [0, 0.05) is 22.3 Å². The molecule has 1 aromatic heterocycles. The molecule has 2 aliphatic carbocycles. The van der Waals surface area contributed by atoms with E-state index in [2.05, 4.69) is 33.4 Å².